The quantitative estimate of drug-likeness (QED) is 0.465. The van der Waals surface area contributed by atoms with E-state index in [1.54, 1.807) is 18.7 Å². The second kappa shape index (κ2) is 10.8. The highest BCUT2D eigenvalue weighted by atomic mass is 16.5. The van der Waals surface area contributed by atoms with E-state index < -0.39 is 11.5 Å². The average Bonchev–Trinajstić information content (AvgIpc) is 3.30. The van der Waals surface area contributed by atoms with Crippen LogP contribution in [0.25, 0.3) is 0 Å². The molecule has 36 heavy (non-hydrogen) atoms. The molecule has 2 amide bonds. The molecule has 8 nitrogen and oxygen atoms in total. The van der Waals surface area contributed by atoms with Gasteiger partial charge in [-0.15, -0.1) is 0 Å². The number of carbonyl (C=O) groups excluding carboxylic acids is 3. The van der Waals surface area contributed by atoms with Crippen LogP contribution in [0.4, 0.5) is 0 Å². The zero-order valence-electron chi connectivity index (χ0n) is 21.0. The Kier molecular flexibility index (Phi) is 7.52. The first-order valence-corrected chi connectivity index (χ1v) is 12.3. The molecule has 2 aromatic carbocycles. The summed E-state index contributed by atoms with van der Waals surface area (Å²) in [7, 11) is 0. The normalized spacial score (nSPS) is 17.0. The van der Waals surface area contributed by atoms with E-state index in [1.807, 2.05) is 61.5 Å². The van der Waals surface area contributed by atoms with E-state index in [0.717, 1.165) is 17.5 Å². The van der Waals surface area contributed by atoms with Crippen molar-refractivity contribution >= 4 is 17.8 Å². The van der Waals surface area contributed by atoms with Gasteiger partial charge in [0.15, 0.2) is 5.69 Å². The van der Waals surface area contributed by atoms with Gasteiger partial charge >= 0.3 is 5.97 Å². The number of rotatable bonds is 9. The topological polar surface area (TPSA) is 93.5 Å². The van der Waals surface area contributed by atoms with Gasteiger partial charge in [-0.25, -0.2) is 4.79 Å². The maximum atomic E-state index is 13.6. The highest BCUT2D eigenvalue weighted by Crippen LogP contribution is 2.28. The first-order valence-electron chi connectivity index (χ1n) is 12.3. The summed E-state index contributed by atoms with van der Waals surface area (Å²) < 4.78 is 6.51. The van der Waals surface area contributed by atoms with Crippen LogP contribution in [0.15, 0.2) is 60.7 Å². The fraction of sp³-hybridized carbons (Fsp3) is 0.357. The number of amides is 2. The Labute approximate surface area is 211 Å². The van der Waals surface area contributed by atoms with Crippen LogP contribution in [0.1, 0.15) is 57.9 Å². The van der Waals surface area contributed by atoms with Crippen LogP contribution in [0, 0.1) is 6.92 Å². The minimum absolute atomic E-state index is 0.0637. The van der Waals surface area contributed by atoms with Crippen LogP contribution >= 0.6 is 0 Å². The molecular formula is C28H32N4O4. The first-order chi connectivity index (χ1) is 17.3. The minimum atomic E-state index is -1.18. The molecule has 1 aliphatic heterocycles. The molecule has 4 rings (SSSR count). The number of aromatic nitrogens is 2. The van der Waals surface area contributed by atoms with Crippen LogP contribution in [-0.2, 0) is 29.0 Å². The van der Waals surface area contributed by atoms with Crippen LogP contribution in [0.5, 0.6) is 0 Å². The van der Waals surface area contributed by atoms with Gasteiger partial charge in [0.25, 0.3) is 5.91 Å². The lowest BCUT2D eigenvalue weighted by atomic mass is 9.94. The molecule has 0 aliphatic carbocycles. The Morgan fingerprint density at radius 1 is 1.08 bits per heavy atom. The maximum Gasteiger partial charge on any atom is 0.358 e. The zero-order chi connectivity index (χ0) is 25.7. The Morgan fingerprint density at radius 2 is 1.81 bits per heavy atom. The van der Waals surface area contributed by atoms with Crippen molar-refractivity contribution in [2.75, 3.05) is 13.2 Å². The van der Waals surface area contributed by atoms with E-state index in [1.165, 1.54) is 16.3 Å². The lowest BCUT2D eigenvalue weighted by Gasteiger charge is -2.43. The number of carbonyl (C=O) groups is 3. The van der Waals surface area contributed by atoms with E-state index >= 15 is 0 Å². The molecule has 1 aliphatic rings. The van der Waals surface area contributed by atoms with Crippen molar-refractivity contribution < 1.29 is 19.1 Å². The van der Waals surface area contributed by atoms with Gasteiger partial charge in [-0.3, -0.25) is 14.3 Å². The van der Waals surface area contributed by atoms with Crippen molar-refractivity contribution in [3.63, 3.8) is 0 Å². The number of ether oxygens (including phenoxy) is 1. The third-order valence-corrected chi connectivity index (χ3v) is 6.54. The van der Waals surface area contributed by atoms with E-state index in [0.29, 0.717) is 19.5 Å². The summed E-state index contributed by atoms with van der Waals surface area (Å²) in [5.41, 5.74) is 2.45. The van der Waals surface area contributed by atoms with Crippen molar-refractivity contribution in [1.82, 2.24) is 20.0 Å². The van der Waals surface area contributed by atoms with Gasteiger partial charge in [0.1, 0.15) is 11.2 Å². The number of nitrogens with zero attached hydrogens (tertiary/aromatic N) is 3. The van der Waals surface area contributed by atoms with Gasteiger partial charge in [-0.05, 0) is 44.7 Å². The highest BCUT2D eigenvalue weighted by Gasteiger charge is 2.47. The van der Waals surface area contributed by atoms with Gasteiger partial charge in [0, 0.05) is 19.2 Å². The molecule has 0 radical (unpaired) electrons. The molecule has 0 saturated heterocycles. The summed E-state index contributed by atoms with van der Waals surface area (Å²) in [6.45, 7) is 6.56. The largest absolute Gasteiger partial charge is 0.461 e. The summed E-state index contributed by atoms with van der Waals surface area (Å²) in [4.78, 5) is 41.1. The summed E-state index contributed by atoms with van der Waals surface area (Å²) in [5, 5.41) is 7.30. The van der Waals surface area contributed by atoms with Crippen molar-refractivity contribution in [2.24, 2.45) is 0 Å². The summed E-state index contributed by atoms with van der Waals surface area (Å²) in [5.74, 6) is -1.19. The predicted octanol–water partition coefficient (Wildman–Crippen LogP) is 3.53. The molecule has 3 aromatic rings. The molecule has 0 fully saturated rings. The van der Waals surface area contributed by atoms with E-state index in [9.17, 15) is 14.4 Å². The SMILES string of the molecule is CCOC(=O)c1cc2n(n1)CC(C)(C(=O)NCc1ccc(C)cc1)N(CCCc1ccccc1)C2=O. The predicted molar refractivity (Wildman–Crippen MR) is 135 cm³/mol. The van der Waals surface area contributed by atoms with Crippen LogP contribution < -0.4 is 5.32 Å². The molecular weight excluding hydrogens is 456 g/mol. The van der Waals surface area contributed by atoms with Gasteiger partial charge in [-0.2, -0.15) is 5.10 Å². The van der Waals surface area contributed by atoms with Crippen LogP contribution in [0.3, 0.4) is 0 Å². The molecule has 2 heterocycles. The lowest BCUT2D eigenvalue weighted by molar-refractivity contribution is -0.133. The van der Waals surface area contributed by atoms with E-state index in [2.05, 4.69) is 10.4 Å². The average molecular weight is 489 g/mol. The molecule has 0 bridgehead atoms. The maximum absolute atomic E-state index is 13.6. The first kappa shape index (κ1) is 25.2. The second-order valence-corrected chi connectivity index (χ2v) is 9.28. The molecule has 1 atom stereocenters. The van der Waals surface area contributed by atoms with E-state index in [4.69, 9.17) is 4.74 Å². The van der Waals surface area contributed by atoms with Crippen molar-refractivity contribution in [1.29, 1.82) is 0 Å². The van der Waals surface area contributed by atoms with Gasteiger partial charge < -0.3 is 15.0 Å². The van der Waals surface area contributed by atoms with Crippen molar-refractivity contribution in [2.45, 2.75) is 52.2 Å². The molecule has 1 unspecified atom stereocenters. The fourth-order valence-electron chi connectivity index (χ4n) is 4.46. The monoisotopic (exact) mass is 488 g/mol. The Bertz CT molecular complexity index is 1240. The smallest absolute Gasteiger partial charge is 0.358 e. The van der Waals surface area contributed by atoms with E-state index in [-0.39, 0.29) is 36.4 Å². The third-order valence-electron chi connectivity index (χ3n) is 6.54. The second-order valence-electron chi connectivity index (χ2n) is 9.28. The van der Waals surface area contributed by atoms with Crippen molar-refractivity contribution in [3.05, 3.63) is 88.7 Å². The number of aryl methyl sites for hydroxylation is 2. The number of benzene rings is 2. The van der Waals surface area contributed by atoms with Crippen LogP contribution in [-0.4, -0.2) is 51.2 Å². The number of esters is 1. The minimum Gasteiger partial charge on any atom is -0.461 e. The molecule has 0 saturated carbocycles. The van der Waals surface area contributed by atoms with Gasteiger partial charge in [-0.1, -0.05) is 60.2 Å². The highest BCUT2D eigenvalue weighted by molar-refractivity contribution is 6.01. The van der Waals surface area contributed by atoms with Gasteiger partial charge in [0.05, 0.1) is 13.2 Å². The summed E-state index contributed by atoms with van der Waals surface area (Å²) >= 11 is 0. The van der Waals surface area contributed by atoms with Crippen molar-refractivity contribution in [3.8, 4) is 0 Å². The standard InChI is InChI=1S/C28H32N4O4/c1-4-36-26(34)23-17-24-25(33)31(16-8-11-21-9-6-5-7-10-21)28(3,19-32(24)30-23)27(35)29-18-22-14-12-20(2)13-15-22/h5-7,9-10,12-15,17H,4,8,11,16,18-19H2,1-3H3,(H,29,35). The number of nitrogens with one attached hydrogen (secondary N) is 1. The number of hydrogen-bond donors (Lipinski definition) is 1. The number of fused-ring (bicyclic) bond motifs is 1. The molecule has 1 N–H and O–H groups in total. The summed E-state index contributed by atoms with van der Waals surface area (Å²) in [6, 6.07) is 19.4. The lowest BCUT2D eigenvalue weighted by Crippen LogP contribution is -2.64. The Balaban J connectivity index is 1.57. The Hall–Kier alpha value is -3.94. The zero-order valence-corrected chi connectivity index (χ0v) is 21.0. The molecule has 0 spiro atoms. The Morgan fingerprint density at radius 3 is 2.50 bits per heavy atom. The van der Waals surface area contributed by atoms with Gasteiger partial charge in [0.2, 0.25) is 5.91 Å². The fourth-order valence-corrected chi connectivity index (χ4v) is 4.46. The molecule has 1 aromatic heterocycles. The molecule has 188 valence electrons. The summed E-state index contributed by atoms with van der Waals surface area (Å²) in [6.07, 6.45) is 1.47. The number of hydrogen-bond acceptors (Lipinski definition) is 5. The third kappa shape index (κ3) is 5.32. The molecule has 8 heteroatoms. The van der Waals surface area contributed by atoms with Crippen LogP contribution in [0.2, 0.25) is 0 Å².